The zero-order valence-electron chi connectivity index (χ0n) is 10.6. The first-order valence-corrected chi connectivity index (χ1v) is 6.42. The van der Waals surface area contributed by atoms with Gasteiger partial charge in [-0.1, -0.05) is 54.6 Å². The molecule has 0 saturated carbocycles. The van der Waals surface area contributed by atoms with Gasteiger partial charge in [-0.25, -0.2) is 0 Å². The van der Waals surface area contributed by atoms with E-state index in [2.05, 4.69) is 10.2 Å². The number of rotatable bonds is 1. The Morgan fingerprint density at radius 3 is 2.30 bits per heavy atom. The minimum Gasteiger partial charge on any atom is -0.287 e. The van der Waals surface area contributed by atoms with Crippen LogP contribution in [0.15, 0.2) is 70.4 Å². The standard InChI is InChI=1S/C17H10N2O/c20-17-14-10-12-8-4-5-9-13(12)16(14)19-18-15(17)11-6-2-1-3-7-11/h1-10H. The molecule has 0 bridgehead atoms. The molecule has 0 amide bonds. The fourth-order valence-electron chi connectivity index (χ4n) is 2.55. The predicted molar refractivity (Wildman–Crippen MR) is 78.9 cm³/mol. The summed E-state index contributed by atoms with van der Waals surface area (Å²) in [6, 6.07) is 17.3. The van der Waals surface area contributed by atoms with Crippen LogP contribution in [0.3, 0.4) is 0 Å². The van der Waals surface area contributed by atoms with Crippen molar-refractivity contribution in [2.24, 2.45) is 10.2 Å². The van der Waals surface area contributed by atoms with E-state index in [1.165, 1.54) is 0 Å². The van der Waals surface area contributed by atoms with Crippen molar-refractivity contribution in [3.8, 4) is 0 Å². The third-order valence-electron chi connectivity index (χ3n) is 3.53. The number of allylic oxidation sites excluding steroid dienone is 1. The van der Waals surface area contributed by atoms with Crippen molar-refractivity contribution < 1.29 is 4.79 Å². The molecule has 0 radical (unpaired) electrons. The van der Waals surface area contributed by atoms with Crippen molar-refractivity contribution in [1.82, 2.24) is 0 Å². The SMILES string of the molecule is O=C1C2=Cc3ccccc3C2=NN=C1c1ccccc1. The lowest BCUT2D eigenvalue weighted by Crippen LogP contribution is -2.24. The smallest absolute Gasteiger partial charge is 0.216 e. The summed E-state index contributed by atoms with van der Waals surface area (Å²) < 4.78 is 0. The summed E-state index contributed by atoms with van der Waals surface area (Å²) in [4.78, 5) is 12.6. The Balaban J connectivity index is 1.86. The third-order valence-corrected chi connectivity index (χ3v) is 3.53. The molecular weight excluding hydrogens is 248 g/mol. The minimum atomic E-state index is -0.0580. The highest BCUT2D eigenvalue weighted by Crippen LogP contribution is 2.29. The Morgan fingerprint density at radius 2 is 1.45 bits per heavy atom. The zero-order chi connectivity index (χ0) is 13.5. The maximum Gasteiger partial charge on any atom is 0.216 e. The van der Waals surface area contributed by atoms with E-state index < -0.39 is 0 Å². The maximum absolute atomic E-state index is 12.6. The molecule has 1 aliphatic heterocycles. The zero-order valence-corrected chi connectivity index (χ0v) is 10.6. The topological polar surface area (TPSA) is 41.8 Å². The minimum absolute atomic E-state index is 0.0580. The van der Waals surface area contributed by atoms with E-state index in [4.69, 9.17) is 0 Å². The van der Waals surface area contributed by atoms with Crippen molar-refractivity contribution in [2.75, 3.05) is 0 Å². The van der Waals surface area contributed by atoms with Crippen molar-refractivity contribution in [2.45, 2.75) is 0 Å². The van der Waals surface area contributed by atoms with Gasteiger partial charge in [-0.15, -0.1) is 10.2 Å². The van der Waals surface area contributed by atoms with E-state index in [9.17, 15) is 4.79 Å². The molecule has 3 heteroatoms. The highest BCUT2D eigenvalue weighted by molar-refractivity contribution is 6.60. The van der Waals surface area contributed by atoms with E-state index >= 15 is 0 Å². The molecule has 20 heavy (non-hydrogen) atoms. The molecular formula is C17H10N2O. The number of Topliss-reactive ketones (excluding diaryl/α,β-unsaturated/α-hetero) is 1. The molecule has 0 unspecified atom stereocenters. The highest BCUT2D eigenvalue weighted by atomic mass is 16.1. The Bertz CT molecular complexity index is 814. The van der Waals surface area contributed by atoms with Gasteiger partial charge in [0.05, 0.1) is 5.57 Å². The van der Waals surface area contributed by atoms with Crippen LogP contribution in [-0.2, 0) is 4.79 Å². The molecule has 2 aromatic carbocycles. The van der Waals surface area contributed by atoms with Crippen LogP contribution in [-0.4, -0.2) is 17.2 Å². The first kappa shape index (κ1) is 11.1. The molecule has 1 aliphatic carbocycles. The number of carbonyl (C=O) groups excluding carboxylic acids is 1. The average molecular weight is 258 g/mol. The Hall–Kier alpha value is -2.81. The molecule has 4 rings (SSSR count). The second kappa shape index (κ2) is 4.10. The molecule has 0 saturated heterocycles. The van der Waals surface area contributed by atoms with Gasteiger partial charge in [0.1, 0.15) is 11.4 Å². The highest BCUT2D eigenvalue weighted by Gasteiger charge is 2.31. The molecule has 94 valence electrons. The number of hydrogen-bond donors (Lipinski definition) is 0. The lowest BCUT2D eigenvalue weighted by molar-refractivity contribution is -0.109. The van der Waals surface area contributed by atoms with Gasteiger partial charge in [0.15, 0.2) is 0 Å². The number of benzene rings is 2. The number of fused-ring (bicyclic) bond motifs is 3. The van der Waals surface area contributed by atoms with Crippen LogP contribution < -0.4 is 0 Å². The van der Waals surface area contributed by atoms with Gasteiger partial charge < -0.3 is 0 Å². The lowest BCUT2D eigenvalue weighted by atomic mass is 9.97. The molecule has 2 aliphatic rings. The quantitative estimate of drug-likeness (QED) is 0.775. The molecule has 1 heterocycles. The van der Waals surface area contributed by atoms with E-state index in [0.717, 1.165) is 16.7 Å². The fourth-order valence-corrected chi connectivity index (χ4v) is 2.55. The first-order valence-electron chi connectivity index (χ1n) is 6.42. The lowest BCUT2D eigenvalue weighted by Gasteiger charge is -2.11. The number of ketones is 1. The second-order valence-electron chi connectivity index (χ2n) is 4.74. The molecule has 2 aromatic rings. The normalized spacial score (nSPS) is 16.0. The Kier molecular flexibility index (Phi) is 2.27. The van der Waals surface area contributed by atoms with Gasteiger partial charge in [-0.3, -0.25) is 4.79 Å². The van der Waals surface area contributed by atoms with E-state index in [1.54, 1.807) is 0 Å². The van der Waals surface area contributed by atoms with Crippen molar-refractivity contribution in [3.63, 3.8) is 0 Å². The molecule has 0 fully saturated rings. The molecule has 0 aromatic heterocycles. The summed E-state index contributed by atoms with van der Waals surface area (Å²) >= 11 is 0. The van der Waals surface area contributed by atoms with Gasteiger partial charge in [-0.05, 0) is 11.6 Å². The van der Waals surface area contributed by atoms with Gasteiger partial charge in [0, 0.05) is 11.1 Å². The number of carbonyl (C=O) groups is 1. The van der Waals surface area contributed by atoms with Crippen LogP contribution in [0.2, 0.25) is 0 Å². The van der Waals surface area contributed by atoms with Gasteiger partial charge in [0.25, 0.3) is 0 Å². The second-order valence-corrected chi connectivity index (χ2v) is 4.74. The molecule has 0 atom stereocenters. The van der Waals surface area contributed by atoms with Crippen LogP contribution in [0.4, 0.5) is 0 Å². The molecule has 0 N–H and O–H groups in total. The predicted octanol–water partition coefficient (Wildman–Crippen LogP) is 2.86. The van der Waals surface area contributed by atoms with Crippen LogP contribution >= 0.6 is 0 Å². The Morgan fingerprint density at radius 1 is 0.750 bits per heavy atom. The van der Waals surface area contributed by atoms with Crippen molar-refractivity contribution in [3.05, 3.63) is 76.9 Å². The Labute approximate surface area is 116 Å². The molecule has 0 spiro atoms. The van der Waals surface area contributed by atoms with Gasteiger partial charge in [-0.2, -0.15) is 0 Å². The van der Waals surface area contributed by atoms with Crippen LogP contribution in [0.25, 0.3) is 6.08 Å². The van der Waals surface area contributed by atoms with Gasteiger partial charge in [0.2, 0.25) is 5.78 Å². The van der Waals surface area contributed by atoms with Crippen LogP contribution in [0, 0.1) is 0 Å². The van der Waals surface area contributed by atoms with Gasteiger partial charge >= 0.3 is 0 Å². The monoisotopic (exact) mass is 258 g/mol. The van der Waals surface area contributed by atoms with E-state index in [1.807, 2.05) is 60.7 Å². The summed E-state index contributed by atoms with van der Waals surface area (Å²) in [5, 5.41) is 8.39. The average Bonchev–Trinajstić information content (AvgIpc) is 2.88. The summed E-state index contributed by atoms with van der Waals surface area (Å²) in [5.41, 5.74) is 4.54. The van der Waals surface area contributed by atoms with Crippen molar-refractivity contribution in [1.29, 1.82) is 0 Å². The summed E-state index contributed by atoms with van der Waals surface area (Å²) in [7, 11) is 0. The largest absolute Gasteiger partial charge is 0.287 e. The number of hydrogen-bond acceptors (Lipinski definition) is 3. The van der Waals surface area contributed by atoms with E-state index in [-0.39, 0.29) is 5.78 Å². The van der Waals surface area contributed by atoms with E-state index in [0.29, 0.717) is 17.0 Å². The first-order chi connectivity index (χ1) is 9.84. The van der Waals surface area contributed by atoms with Crippen LogP contribution in [0.5, 0.6) is 0 Å². The fraction of sp³-hybridized carbons (Fsp3) is 0. The van der Waals surface area contributed by atoms with Crippen LogP contribution in [0.1, 0.15) is 16.7 Å². The third kappa shape index (κ3) is 1.50. The van der Waals surface area contributed by atoms with Crippen molar-refractivity contribution >= 4 is 23.3 Å². The maximum atomic E-state index is 12.6. The molecule has 3 nitrogen and oxygen atoms in total. The summed E-state index contributed by atoms with van der Waals surface area (Å²) in [6.07, 6.45) is 1.90. The summed E-state index contributed by atoms with van der Waals surface area (Å²) in [5.74, 6) is -0.0580. The number of nitrogens with zero attached hydrogens (tertiary/aromatic N) is 2. The summed E-state index contributed by atoms with van der Waals surface area (Å²) in [6.45, 7) is 0.